The number of anilines is 1. The van der Waals surface area contributed by atoms with Gasteiger partial charge in [-0.3, -0.25) is 14.9 Å². The van der Waals surface area contributed by atoms with Gasteiger partial charge in [-0.05, 0) is 24.8 Å². The van der Waals surface area contributed by atoms with Crippen molar-refractivity contribution in [3.05, 3.63) is 40.9 Å². The first-order valence-corrected chi connectivity index (χ1v) is 10.5. The summed E-state index contributed by atoms with van der Waals surface area (Å²) >= 11 is 1.36. The van der Waals surface area contributed by atoms with Gasteiger partial charge < -0.3 is 10.4 Å². The summed E-state index contributed by atoms with van der Waals surface area (Å²) in [4.78, 5) is 25.0. The lowest BCUT2D eigenvalue weighted by Gasteiger charge is -2.19. The SMILES string of the molecule is CCCC(NC(=O)[C@@H](O)c1ccccc1)C(=O)Nc1nnc(C(CC)CC)s1. The van der Waals surface area contributed by atoms with E-state index < -0.39 is 18.1 Å². The number of nitrogens with one attached hydrogen (secondary N) is 2. The normalized spacial score (nSPS) is 13.2. The van der Waals surface area contributed by atoms with Crippen LogP contribution in [-0.4, -0.2) is 33.2 Å². The molecule has 1 aromatic carbocycles. The molecule has 2 rings (SSSR count). The third kappa shape index (κ3) is 5.84. The van der Waals surface area contributed by atoms with Crippen LogP contribution in [0.5, 0.6) is 0 Å². The molecule has 1 aromatic heterocycles. The van der Waals surface area contributed by atoms with Gasteiger partial charge in [0.05, 0.1) is 0 Å². The molecule has 2 aromatic rings. The van der Waals surface area contributed by atoms with Crippen molar-refractivity contribution in [2.75, 3.05) is 5.32 Å². The Kier molecular flexibility index (Phi) is 8.53. The third-order valence-corrected chi connectivity index (χ3v) is 5.58. The van der Waals surface area contributed by atoms with Crippen LogP contribution in [0.4, 0.5) is 5.13 Å². The first kappa shape index (κ1) is 22.0. The largest absolute Gasteiger partial charge is 0.378 e. The number of aromatic nitrogens is 2. The Morgan fingerprint density at radius 2 is 1.75 bits per heavy atom. The average Bonchev–Trinajstić information content (AvgIpc) is 3.16. The number of carbonyl (C=O) groups is 2. The third-order valence-electron chi connectivity index (χ3n) is 4.58. The van der Waals surface area contributed by atoms with Crippen LogP contribution in [0.1, 0.15) is 69.0 Å². The molecule has 0 aliphatic rings. The lowest BCUT2D eigenvalue weighted by Crippen LogP contribution is -2.45. The van der Waals surface area contributed by atoms with Crippen LogP contribution >= 0.6 is 11.3 Å². The Labute approximate surface area is 169 Å². The van der Waals surface area contributed by atoms with Gasteiger partial charge in [-0.2, -0.15) is 0 Å². The summed E-state index contributed by atoms with van der Waals surface area (Å²) in [6.45, 7) is 6.12. The number of hydrogen-bond acceptors (Lipinski definition) is 6. The summed E-state index contributed by atoms with van der Waals surface area (Å²) in [6.07, 6.45) is 1.76. The van der Waals surface area contributed by atoms with Gasteiger partial charge in [-0.1, -0.05) is 68.9 Å². The van der Waals surface area contributed by atoms with Gasteiger partial charge >= 0.3 is 0 Å². The lowest BCUT2D eigenvalue weighted by molar-refractivity contribution is -0.133. The first-order valence-electron chi connectivity index (χ1n) is 9.67. The maximum Gasteiger partial charge on any atom is 0.254 e. The first-order chi connectivity index (χ1) is 13.5. The fraction of sp³-hybridized carbons (Fsp3) is 0.500. The summed E-state index contributed by atoms with van der Waals surface area (Å²) in [7, 11) is 0. The second-order valence-corrected chi connectivity index (χ2v) is 7.62. The summed E-state index contributed by atoms with van der Waals surface area (Å²) < 4.78 is 0. The van der Waals surface area contributed by atoms with Crippen molar-refractivity contribution < 1.29 is 14.7 Å². The predicted molar refractivity (Wildman–Crippen MR) is 110 cm³/mol. The summed E-state index contributed by atoms with van der Waals surface area (Å²) in [5.74, 6) is -0.632. The molecule has 0 aliphatic carbocycles. The highest BCUT2D eigenvalue weighted by molar-refractivity contribution is 7.15. The topological polar surface area (TPSA) is 104 Å². The number of carbonyl (C=O) groups excluding carboxylic acids is 2. The molecular formula is C20H28N4O3S. The smallest absolute Gasteiger partial charge is 0.254 e. The highest BCUT2D eigenvalue weighted by atomic mass is 32.1. The Morgan fingerprint density at radius 3 is 2.36 bits per heavy atom. The van der Waals surface area contributed by atoms with Crippen molar-refractivity contribution in [2.45, 2.75) is 64.5 Å². The van der Waals surface area contributed by atoms with E-state index in [0.29, 0.717) is 29.5 Å². The van der Waals surface area contributed by atoms with Crippen molar-refractivity contribution >= 4 is 28.3 Å². The van der Waals surface area contributed by atoms with Crippen LogP contribution in [-0.2, 0) is 9.59 Å². The average molecular weight is 405 g/mol. The van der Waals surface area contributed by atoms with E-state index in [4.69, 9.17) is 0 Å². The zero-order chi connectivity index (χ0) is 20.5. The van der Waals surface area contributed by atoms with E-state index in [1.165, 1.54) is 11.3 Å². The molecule has 0 spiro atoms. The van der Waals surface area contributed by atoms with Gasteiger partial charge in [0.15, 0.2) is 6.10 Å². The molecule has 0 saturated carbocycles. The number of aliphatic hydroxyl groups excluding tert-OH is 1. The Bertz CT molecular complexity index is 762. The minimum Gasteiger partial charge on any atom is -0.378 e. The highest BCUT2D eigenvalue weighted by Crippen LogP contribution is 2.28. The summed E-state index contributed by atoms with van der Waals surface area (Å²) in [5.41, 5.74) is 0.481. The van der Waals surface area contributed by atoms with E-state index in [2.05, 4.69) is 34.7 Å². The zero-order valence-electron chi connectivity index (χ0n) is 16.5. The van der Waals surface area contributed by atoms with E-state index in [0.717, 1.165) is 17.8 Å². The van der Waals surface area contributed by atoms with E-state index in [1.54, 1.807) is 30.3 Å². The van der Waals surface area contributed by atoms with Gasteiger partial charge in [0.2, 0.25) is 11.0 Å². The number of benzene rings is 1. The van der Waals surface area contributed by atoms with Gasteiger partial charge in [-0.25, -0.2) is 0 Å². The van der Waals surface area contributed by atoms with Gasteiger partial charge in [-0.15, -0.1) is 10.2 Å². The molecule has 1 heterocycles. The van der Waals surface area contributed by atoms with Gasteiger partial charge in [0.1, 0.15) is 11.0 Å². The molecule has 28 heavy (non-hydrogen) atoms. The second-order valence-electron chi connectivity index (χ2n) is 6.61. The molecule has 3 N–H and O–H groups in total. The molecular weight excluding hydrogens is 376 g/mol. The minimum atomic E-state index is -1.32. The van der Waals surface area contributed by atoms with Crippen LogP contribution in [0, 0.1) is 0 Å². The molecule has 0 radical (unpaired) electrons. The van der Waals surface area contributed by atoms with Crippen LogP contribution in [0.3, 0.4) is 0 Å². The quantitative estimate of drug-likeness (QED) is 0.563. The maximum atomic E-state index is 12.6. The van der Waals surface area contributed by atoms with E-state index in [-0.39, 0.29) is 5.91 Å². The number of rotatable bonds is 10. The Morgan fingerprint density at radius 1 is 1.07 bits per heavy atom. The molecule has 1 unspecified atom stereocenters. The van der Waals surface area contributed by atoms with E-state index >= 15 is 0 Å². The fourth-order valence-electron chi connectivity index (χ4n) is 2.88. The van der Waals surface area contributed by atoms with Crippen molar-refractivity contribution in [1.29, 1.82) is 0 Å². The highest BCUT2D eigenvalue weighted by Gasteiger charge is 2.25. The second kappa shape index (κ2) is 10.9. The van der Waals surface area contributed by atoms with Gasteiger partial charge in [0, 0.05) is 5.92 Å². The van der Waals surface area contributed by atoms with E-state index in [9.17, 15) is 14.7 Å². The number of aliphatic hydroxyl groups is 1. The Balaban J connectivity index is 2.02. The molecule has 2 amide bonds. The molecule has 0 saturated heterocycles. The Hall–Kier alpha value is -2.32. The number of nitrogens with zero attached hydrogens (tertiary/aromatic N) is 2. The number of hydrogen-bond donors (Lipinski definition) is 3. The van der Waals surface area contributed by atoms with Crippen molar-refractivity contribution in [1.82, 2.24) is 15.5 Å². The lowest BCUT2D eigenvalue weighted by atomic mass is 10.1. The standard InChI is InChI=1S/C20H28N4O3S/c1-4-10-15(21-18(27)16(25)14-11-8-7-9-12-14)17(26)22-20-24-23-19(28-20)13(5-2)6-3/h7-9,11-13,15-16,25H,4-6,10H2,1-3H3,(H,21,27)(H,22,24,26)/t15?,16-/m0/s1. The van der Waals surface area contributed by atoms with Crippen LogP contribution in [0.15, 0.2) is 30.3 Å². The summed E-state index contributed by atoms with van der Waals surface area (Å²) in [6, 6.07) is 7.87. The zero-order valence-corrected chi connectivity index (χ0v) is 17.3. The van der Waals surface area contributed by atoms with Crippen molar-refractivity contribution in [3.63, 3.8) is 0 Å². The minimum absolute atomic E-state index is 0.329. The molecule has 0 fully saturated rings. The van der Waals surface area contributed by atoms with Gasteiger partial charge in [0.25, 0.3) is 5.91 Å². The molecule has 0 bridgehead atoms. The molecule has 2 atom stereocenters. The maximum absolute atomic E-state index is 12.6. The van der Waals surface area contributed by atoms with Crippen molar-refractivity contribution in [3.8, 4) is 0 Å². The van der Waals surface area contributed by atoms with Crippen LogP contribution < -0.4 is 10.6 Å². The number of amides is 2. The monoisotopic (exact) mass is 404 g/mol. The molecule has 0 aliphatic heterocycles. The fourth-order valence-corrected chi connectivity index (χ4v) is 3.89. The summed E-state index contributed by atoms with van der Waals surface area (Å²) in [5, 5.41) is 25.2. The molecule has 7 nitrogen and oxygen atoms in total. The van der Waals surface area contributed by atoms with Crippen molar-refractivity contribution in [2.24, 2.45) is 0 Å². The van der Waals surface area contributed by atoms with Crippen LogP contribution in [0.2, 0.25) is 0 Å². The molecule has 8 heteroatoms. The predicted octanol–water partition coefficient (Wildman–Crippen LogP) is 3.40. The van der Waals surface area contributed by atoms with Crippen LogP contribution in [0.25, 0.3) is 0 Å². The molecule has 152 valence electrons. The van der Waals surface area contributed by atoms with E-state index in [1.807, 2.05) is 6.92 Å².